The van der Waals surface area contributed by atoms with Crippen LogP contribution >= 0.6 is 11.6 Å². The Hall–Kier alpha value is -2.63. The van der Waals surface area contributed by atoms with Crippen LogP contribution in [0.3, 0.4) is 0 Å². The van der Waals surface area contributed by atoms with Crippen molar-refractivity contribution < 1.29 is 14.3 Å². The number of hydrogen-bond acceptors (Lipinski definition) is 3. The van der Waals surface area contributed by atoms with Gasteiger partial charge in [0.15, 0.2) is 0 Å². The quantitative estimate of drug-likeness (QED) is 0.706. The summed E-state index contributed by atoms with van der Waals surface area (Å²) >= 11 is 6.22. The zero-order chi connectivity index (χ0) is 21.6. The second-order valence-electron chi connectivity index (χ2n) is 8.84. The third-order valence-electron chi connectivity index (χ3n) is 6.75. The van der Waals surface area contributed by atoms with Crippen molar-refractivity contribution in [2.75, 3.05) is 13.1 Å². The van der Waals surface area contributed by atoms with E-state index < -0.39 is 23.0 Å². The van der Waals surface area contributed by atoms with Gasteiger partial charge in [-0.05, 0) is 30.5 Å². The van der Waals surface area contributed by atoms with E-state index in [-0.39, 0.29) is 11.8 Å². The van der Waals surface area contributed by atoms with Crippen LogP contribution in [0.2, 0.25) is 5.02 Å². The number of carbonyl (C=O) groups is 2. The first-order valence-corrected chi connectivity index (χ1v) is 11.0. The summed E-state index contributed by atoms with van der Waals surface area (Å²) in [5.74, 6) is -1.19. The van der Waals surface area contributed by atoms with Crippen molar-refractivity contribution in [1.29, 1.82) is 0 Å². The fraction of sp³-hybridized carbons (Fsp3) is 0.360. The third-order valence-corrected chi connectivity index (χ3v) is 7.12. The fourth-order valence-corrected chi connectivity index (χ4v) is 5.55. The van der Waals surface area contributed by atoms with Crippen molar-refractivity contribution in [1.82, 2.24) is 10.2 Å². The number of fused-ring (bicyclic) bond motifs is 1. The van der Waals surface area contributed by atoms with Crippen LogP contribution in [0.5, 0.6) is 0 Å². The molecule has 4 unspecified atom stereocenters. The molecule has 1 N–H and O–H groups in total. The molecular formula is C25H25ClN2O3. The Morgan fingerprint density at radius 3 is 2.68 bits per heavy atom. The van der Waals surface area contributed by atoms with E-state index >= 15 is 0 Å². The Balaban J connectivity index is 1.31. The van der Waals surface area contributed by atoms with Crippen LogP contribution in [0.4, 0.5) is 0 Å². The lowest BCUT2D eigenvalue weighted by atomic mass is 9.72. The average molecular weight is 437 g/mol. The van der Waals surface area contributed by atoms with E-state index in [1.165, 1.54) is 0 Å². The molecule has 1 spiro atoms. The summed E-state index contributed by atoms with van der Waals surface area (Å²) in [6, 6.07) is 17.5. The number of carbonyl (C=O) groups excluding carboxylic acids is 2. The van der Waals surface area contributed by atoms with E-state index in [0.717, 1.165) is 11.1 Å². The van der Waals surface area contributed by atoms with Crippen molar-refractivity contribution in [2.45, 2.75) is 31.1 Å². The van der Waals surface area contributed by atoms with Crippen LogP contribution in [0.1, 0.15) is 18.1 Å². The Morgan fingerprint density at radius 2 is 1.90 bits per heavy atom. The first-order chi connectivity index (χ1) is 14.9. The zero-order valence-electron chi connectivity index (χ0n) is 17.4. The van der Waals surface area contributed by atoms with Gasteiger partial charge < -0.3 is 15.0 Å². The number of rotatable bonds is 6. The van der Waals surface area contributed by atoms with Crippen LogP contribution in [-0.4, -0.2) is 41.0 Å². The molecule has 0 radical (unpaired) electrons. The Bertz CT molecular complexity index is 1060. The number of likely N-dealkylation sites (tertiary alicyclic amines) is 1. The lowest BCUT2D eigenvalue weighted by Gasteiger charge is -2.29. The number of ether oxygens (including phenoxy) is 1. The van der Waals surface area contributed by atoms with E-state index in [0.29, 0.717) is 31.1 Å². The normalized spacial score (nSPS) is 30.6. The molecule has 2 aromatic carbocycles. The molecule has 0 saturated carbocycles. The minimum absolute atomic E-state index is 0.0109. The molecule has 0 aromatic heterocycles. The monoisotopic (exact) mass is 436 g/mol. The highest BCUT2D eigenvalue weighted by Gasteiger charge is 2.71. The summed E-state index contributed by atoms with van der Waals surface area (Å²) in [6.45, 7) is 3.36. The predicted octanol–water partition coefficient (Wildman–Crippen LogP) is 3.37. The van der Waals surface area contributed by atoms with Gasteiger partial charge in [-0.25, -0.2) is 0 Å². The Morgan fingerprint density at radius 1 is 1.16 bits per heavy atom. The molecule has 5 nitrogen and oxygen atoms in total. The SMILES string of the molecule is CC12C=CC3(CN(Cc4ccccc4)C(=O)C3C1C(=O)NCCc1ccccc1Cl)O2. The van der Waals surface area contributed by atoms with Gasteiger partial charge >= 0.3 is 0 Å². The number of nitrogens with one attached hydrogen (secondary N) is 1. The van der Waals surface area contributed by atoms with E-state index in [1.54, 1.807) is 0 Å². The molecule has 2 aromatic rings. The minimum Gasteiger partial charge on any atom is -0.357 e. The zero-order valence-corrected chi connectivity index (χ0v) is 18.1. The van der Waals surface area contributed by atoms with Crippen LogP contribution in [0.15, 0.2) is 66.7 Å². The largest absolute Gasteiger partial charge is 0.357 e. The highest BCUT2D eigenvalue weighted by molar-refractivity contribution is 6.31. The summed E-state index contributed by atoms with van der Waals surface area (Å²) in [7, 11) is 0. The topological polar surface area (TPSA) is 58.6 Å². The van der Waals surface area contributed by atoms with Gasteiger partial charge in [0.05, 0.1) is 24.0 Å². The summed E-state index contributed by atoms with van der Waals surface area (Å²) in [6.07, 6.45) is 4.59. The minimum atomic E-state index is -0.756. The van der Waals surface area contributed by atoms with Crippen molar-refractivity contribution in [3.05, 3.63) is 82.9 Å². The van der Waals surface area contributed by atoms with Crippen LogP contribution < -0.4 is 5.32 Å². The number of halogens is 1. The van der Waals surface area contributed by atoms with Gasteiger partial charge in [-0.2, -0.15) is 0 Å². The fourth-order valence-electron chi connectivity index (χ4n) is 5.32. The molecule has 31 heavy (non-hydrogen) atoms. The highest BCUT2D eigenvalue weighted by atomic mass is 35.5. The predicted molar refractivity (Wildman–Crippen MR) is 118 cm³/mol. The van der Waals surface area contributed by atoms with Gasteiger partial charge in [0.25, 0.3) is 0 Å². The molecule has 4 atom stereocenters. The summed E-state index contributed by atoms with van der Waals surface area (Å²) in [5.41, 5.74) is 0.582. The molecule has 2 bridgehead atoms. The van der Waals surface area contributed by atoms with E-state index in [4.69, 9.17) is 16.3 Å². The van der Waals surface area contributed by atoms with Crippen molar-refractivity contribution in [2.24, 2.45) is 11.8 Å². The number of benzene rings is 2. The lowest BCUT2D eigenvalue weighted by Crippen LogP contribution is -2.48. The number of amides is 2. The first kappa shape index (κ1) is 20.3. The Labute approximate surface area is 187 Å². The van der Waals surface area contributed by atoms with E-state index in [2.05, 4.69) is 5.32 Å². The maximum absolute atomic E-state index is 13.4. The summed E-state index contributed by atoms with van der Waals surface area (Å²) in [5, 5.41) is 3.71. The number of nitrogens with zero attached hydrogens (tertiary/aromatic N) is 1. The molecule has 3 heterocycles. The molecule has 5 rings (SSSR count). The van der Waals surface area contributed by atoms with Crippen molar-refractivity contribution >= 4 is 23.4 Å². The second-order valence-corrected chi connectivity index (χ2v) is 9.25. The Kier molecular flexibility index (Phi) is 4.91. The van der Waals surface area contributed by atoms with Gasteiger partial charge in [-0.1, -0.05) is 72.3 Å². The molecule has 160 valence electrons. The molecule has 3 aliphatic heterocycles. The van der Waals surface area contributed by atoms with Crippen molar-refractivity contribution in [3.8, 4) is 0 Å². The van der Waals surface area contributed by atoms with Crippen LogP contribution in [0, 0.1) is 11.8 Å². The summed E-state index contributed by atoms with van der Waals surface area (Å²) in [4.78, 5) is 28.4. The lowest BCUT2D eigenvalue weighted by molar-refractivity contribution is -0.139. The smallest absolute Gasteiger partial charge is 0.230 e. The molecule has 2 amide bonds. The second kappa shape index (κ2) is 7.50. The molecule has 0 aliphatic carbocycles. The molecule has 6 heteroatoms. The van der Waals surface area contributed by atoms with Gasteiger partial charge in [0.2, 0.25) is 11.8 Å². The highest BCUT2D eigenvalue weighted by Crippen LogP contribution is 2.57. The molecule has 3 aliphatic rings. The van der Waals surface area contributed by atoms with Gasteiger partial charge in [-0.3, -0.25) is 9.59 Å². The average Bonchev–Trinajstić information content (AvgIpc) is 3.32. The molecular weight excluding hydrogens is 412 g/mol. The first-order valence-electron chi connectivity index (χ1n) is 10.7. The molecule has 2 fully saturated rings. The maximum atomic E-state index is 13.4. The van der Waals surface area contributed by atoms with Gasteiger partial charge in [0, 0.05) is 18.1 Å². The van der Waals surface area contributed by atoms with E-state index in [1.807, 2.05) is 78.6 Å². The standard InChI is InChI=1S/C25H25ClN2O3/c1-24-12-13-25(31-24)16-28(15-17-7-3-2-4-8-17)23(30)21(25)20(24)22(29)27-14-11-18-9-5-6-10-19(18)26/h2-10,12-13,20-21H,11,14-16H2,1H3,(H,27,29). The van der Waals surface area contributed by atoms with Gasteiger partial charge in [0.1, 0.15) is 5.60 Å². The molecule has 2 saturated heterocycles. The maximum Gasteiger partial charge on any atom is 0.230 e. The van der Waals surface area contributed by atoms with Gasteiger partial charge in [-0.15, -0.1) is 0 Å². The third kappa shape index (κ3) is 3.36. The van der Waals surface area contributed by atoms with Crippen LogP contribution in [-0.2, 0) is 27.3 Å². The number of hydrogen-bond donors (Lipinski definition) is 1. The van der Waals surface area contributed by atoms with Crippen LogP contribution in [0.25, 0.3) is 0 Å². The van der Waals surface area contributed by atoms with Crippen molar-refractivity contribution in [3.63, 3.8) is 0 Å². The summed E-state index contributed by atoms with van der Waals surface area (Å²) < 4.78 is 6.37. The van der Waals surface area contributed by atoms with E-state index in [9.17, 15) is 9.59 Å².